The summed E-state index contributed by atoms with van der Waals surface area (Å²) < 4.78 is 7.12. The van der Waals surface area contributed by atoms with Gasteiger partial charge in [0.1, 0.15) is 0 Å². The van der Waals surface area contributed by atoms with Crippen molar-refractivity contribution in [1.82, 2.24) is 15.2 Å². The SMILES string of the molecule is O=C(NCCNC(=O)c1cn(Cc2ccccc2)c2ccccc12)c1ccco1. The van der Waals surface area contributed by atoms with Crippen molar-refractivity contribution >= 4 is 22.7 Å². The van der Waals surface area contributed by atoms with E-state index in [9.17, 15) is 9.59 Å². The molecule has 0 unspecified atom stereocenters. The van der Waals surface area contributed by atoms with Crippen LogP contribution in [0.5, 0.6) is 0 Å². The number of carbonyl (C=O) groups excluding carboxylic acids is 2. The van der Waals surface area contributed by atoms with E-state index in [1.165, 1.54) is 11.8 Å². The van der Waals surface area contributed by atoms with E-state index in [4.69, 9.17) is 4.42 Å². The van der Waals surface area contributed by atoms with Crippen LogP contribution in [0.2, 0.25) is 0 Å². The Labute approximate surface area is 168 Å². The van der Waals surface area contributed by atoms with Gasteiger partial charge in [-0.1, -0.05) is 48.5 Å². The molecule has 2 aromatic heterocycles. The van der Waals surface area contributed by atoms with Crippen molar-refractivity contribution < 1.29 is 14.0 Å². The van der Waals surface area contributed by atoms with Gasteiger partial charge in [-0.2, -0.15) is 0 Å². The van der Waals surface area contributed by atoms with Gasteiger partial charge in [0.15, 0.2) is 5.76 Å². The number of furan rings is 1. The van der Waals surface area contributed by atoms with Crippen LogP contribution in [0.25, 0.3) is 10.9 Å². The van der Waals surface area contributed by atoms with Crippen molar-refractivity contribution in [3.05, 3.63) is 96.1 Å². The Morgan fingerprint density at radius 3 is 2.31 bits per heavy atom. The van der Waals surface area contributed by atoms with Crippen molar-refractivity contribution in [3.8, 4) is 0 Å². The van der Waals surface area contributed by atoms with Gasteiger partial charge in [0, 0.05) is 36.7 Å². The summed E-state index contributed by atoms with van der Waals surface area (Å²) in [6, 6.07) is 21.2. The minimum Gasteiger partial charge on any atom is -0.459 e. The molecule has 29 heavy (non-hydrogen) atoms. The Balaban J connectivity index is 1.43. The largest absolute Gasteiger partial charge is 0.459 e. The van der Waals surface area contributed by atoms with Gasteiger partial charge in [-0.05, 0) is 23.8 Å². The number of carbonyl (C=O) groups is 2. The summed E-state index contributed by atoms with van der Waals surface area (Å²) in [5.74, 6) is -0.218. The zero-order valence-corrected chi connectivity index (χ0v) is 15.8. The molecule has 0 aliphatic carbocycles. The lowest BCUT2D eigenvalue weighted by molar-refractivity contribution is 0.0911. The van der Waals surface area contributed by atoms with Gasteiger partial charge in [-0.3, -0.25) is 9.59 Å². The first-order valence-corrected chi connectivity index (χ1v) is 9.44. The molecule has 0 spiro atoms. The first-order chi connectivity index (χ1) is 14.2. The van der Waals surface area contributed by atoms with Gasteiger partial charge in [0.25, 0.3) is 11.8 Å². The smallest absolute Gasteiger partial charge is 0.287 e. The molecule has 0 aliphatic rings. The van der Waals surface area contributed by atoms with Crippen molar-refractivity contribution in [1.29, 1.82) is 0 Å². The van der Waals surface area contributed by atoms with Gasteiger partial charge < -0.3 is 19.6 Å². The maximum atomic E-state index is 12.7. The number of nitrogens with zero attached hydrogens (tertiary/aromatic N) is 1. The molecular weight excluding hydrogens is 366 g/mol. The normalized spacial score (nSPS) is 10.8. The quantitative estimate of drug-likeness (QED) is 0.477. The molecule has 2 heterocycles. The molecule has 0 atom stereocenters. The summed E-state index contributed by atoms with van der Waals surface area (Å²) in [6.07, 6.45) is 3.33. The van der Waals surface area contributed by atoms with Crippen LogP contribution >= 0.6 is 0 Å². The Morgan fingerprint density at radius 2 is 1.55 bits per heavy atom. The lowest BCUT2D eigenvalue weighted by Gasteiger charge is -2.06. The Kier molecular flexibility index (Phi) is 5.42. The molecule has 0 aliphatic heterocycles. The van der Waals surface area contributed by atoms with Crippen LogP contribution in [0.15, 0.2) is 83.6 Å². The fourth-order valence-electron chi connectivity index (χ4n) is 3.28. The minimum atomic E-state index is -0.302. The van der Waals surface area contributed by atoms with E-state index in [1.807, 2.05) is 48.7 Å². The molecule has 0 bridgehead atoms. The number of rotatable bonds is 7. The third-order valence-corrected chi connectivity index (χ3v) is 4.67. The number of para-hydroxylation sites is 1. The summed E-state index contributed by atoms with van der Waals surface area (Å²) in [6.45, 7) is 1.32. The van der Waals surface area contributed by atoms with Crippen LogP contribution in [-0.4, -0.2) is 29.5 Å². The first-order valence-electron chi connectivity index (χ1n) is 9.44. The van der Waals surface area contributed by atoms with E-state index in [1.54, 1.807) is 12.1 Å². The molecular formula is C23H21N3O3. The number of nitrogens with one attached hydrogen (secondary N) is 2. The Morgan fingerprint density at radius 1 is 0.828 bits per heavy atom. The fraction of sp³-hybridized carbons (Fsp3) is 0.130. The van der Waals surface area contributed by atoms with Crippen LogP contribution in [-0.2, 0) is 6.54 Å². The monoisotopic (exact) mass is 387 g/mol. The van der Waals surface area contributed by atoms with Crippen LogP contribution in [0.3, 0.4) is 0 Å². The number of benzene rings is 2. The highest BCUT2D eigenvalue weighted by atomic mass is 16.3. The highest BCUT2D eigenvalue weighted by Gasteiger charge is 2.15. The average molecular weight is 387 g/mol. The van der Waals surface area contributed by atoms with Gasteiger partial charge in [0.05, 0.1) is 11.8 Å². The summed E-state index contributed by atoms with van der Waals surface area (Å²) in [7, 11) is 0. The van der Waals surface area contributed by atoms with Crippen molar-refractivity contribution in [2.45, 2.75) is 6.54 Å². The molecule has 4 aromatic rings. The van der Waals surface area contributed by atoms with Crippen molar-refractivity contribution in [2.75, 3.05) is 13.1 Å². The summed E-state index contributed by atoms with van der Waals surface area (Å²) in [4.78, 5) is 24.6. The molecule has 146 valence electrons. The fourth-order valence-corrected chi connectivity index (χ4v) is 3.28. The van der Waals surface area contributed by atoms with Crippen LogP contribution in [0, 0.1) is 0 Å². The molecule has 4 rings (SSSR count). The predicted molar refractivity (Wildman–Crippen MR) is 111 cm³/mol. The molecule has 2 N–H and O–H groups in total. The molecule has 2 amide bonds. The lowest BCUT2D eigenvalue weighted by Crippen LogP contribution is -2.34. The van der Waals surface area contributed by atoms with Crippen LogP contribution < -0.4 is 10.6 Å². The first kappa shape index (κ1) is 18.6. The average Bonchev–Trinajstić information content (AvgIpc) is 3.41. The molecule has 6 nitrogen and oxygen atoms in total. The third kappa shape index (κ3) is 4.21. The molecule has 6 heteroatoms. The number of fused-ring (bicyclic) bond motifs is 1. The second-order valence-electron chi connectivity index (χ2n) is 6.66. The van der Waals surface area contributed by atoms with Gasteiger partial charge in [-0.15, -0.1) is 0 Å². The zero-order valence-electron chi connectivity index (χ0n) is 15.8. The number of amides is 2. The van der Waals surface area contributed by atoms with Gasteiger partial charge in [-0.25, -0.2) is 0 Å². The molecule has 0 radical (unpaired) electrons. The highest BCUT2D eigenvalue weighted by Crippen LogP contribution is 2.22. The maximum absolute atomic E-state index is 12.7. The predicted octanol–water partition coefficient (Wildman–Crippen LogP) is 3.44. The highest BCUT2D eigenvalue weighted by molar-refractivity contribution is 6.07. The van der Waals surface area contributed by atoms with E-state index < -0.39 is 0 Å². The number of hydrogen-bond donors (Lipinski definition) is 2. The van der Waals surface area contributed by atoms with E-state index in [0.717, 1.165) is 10.9 Å². The van der Waals surface area contributed by atoms with E-state index >= 15 is 0 Å². The second kappa shape index (κ2) is 8.48. The van der Waals surface area contributed by atoms with Gasteiger partial charge >= 0.3 is 0 Å². The van der Waals surface area contributed by atoms with Crippen LogP contribution in [0.1, 0.15) is 26.5 Å². The summed E-state index contributed by atoms with van der Waals surface area (Å²) >= 11 is 0. The number of hydrogen-bond acceptors (Lipinski definition) is 3. The minimum absolute atomic E-state index is 0.166. The lowest BCUT2D eigenvalue weighted by atomic mass is 10.1. The maximum Gasteiger partial charge on any atom is 0.287 e. The van der Waals surface area contributed by atoms with E-state index in [2.05, 4.69) is 27.3 Å². The second-order valence-corrected chi connectivity index (χ2v) is 6.66. The molecule has 0 saturated carbocycles. The van der Waals surface area contributed by atoms with Crippen LogP contribution in [0.4, 0.5) is 0 Å². The zero-order chi connectivity index (χ0) is 20.1. The van der Waals surface area contributed by atoms with Gasteiger partial charge in [0.2, 0.25) is 0 Å². The van der Waals surface area contributed by atoms with E-state index in [0.29, 0.717) is 25.2 Å². The van der Waals surface area contributed by atoms with E-state index in [-0.39, 0.29) is 17.6 Å². The molecule has 0 saturated heterocycles. The Hall–Kier alpha value is -3.80. The summed E-state index contributed by atoms with van der Waals surface area (Å²) in [5, 5.41) is 6.49. The molecule has 0 fully saturated rings. The Bertz CT molecular complexity index is 1110. The number of aromatic nitrogens is 1. The van der Waals surface area contributed by atoms with Crippen molar-refractivity contribution in [2.24, 2.45) is 0 Å². The third-order valence-electron chi connectivity index (χ3n) is 4.67. The molecule has 2 aromatic carbocycles. The standard InChI is InChI=1S/C23H21N3O3/c27-22(24-12-13-25-23(28)21-11-6-14-29-21)19-16-26(15-17-7-2-1-3-8-17)20-10-5-4-9-18(19)20/h1-11,14,16H,12-13,15H2,(H,24,27)(H,25,28). The topological polar surface area (TPSA) is 76.3 Å². The summed E-state index contributed by atoms with van der Waals surface area (Å²) in [5.41, 5.74) is 2.79. The van der Waals surface area contributed by atoms with Crippen molar-refractivity contribution in [3.63, 3.8) is 0 Å².